The quantitative estimate of drug-likeness (QED) is 0.696. The first-order valence-corrected chi connectivity index (χ1v) is 9.57. The van der Waals surface area contributed by atoms with E-state index in [9.17, 15) is 4.79 Å². The Bertz CT molecular complexity index is 1010. The summed E-state index contributed by atoms with van der Waals surface area (Å²) in [6.07, 6.45) is 1.72. The lowest BCUT2D eigenvalue weighted by atomic mass is 10.1. The van der Waals surface area contributed by atoms with Crippen molar-refractivity contribution in [3.05, 3.63) is 65.0 Å². The van der Waals surface area contributed by atoms with Crippen molar-refractivity contribution in [3.8, 4) is 11.4 Å². The summed E-state index contributed by atoms with van der Waals surface area (Å²) < 4.78 is 5.53. The second kappa shape index (κ2) is 7.46. The normalized spacial score (nSPS) is 16.4. The molecule has 1 aliphatic rings. The Balaban J connectivity index is 1.54. The Morgan fingerprint density at radius 3 is 2.82 bits per heavy atom. The van der Waals surface area contributed by atoms with Gasteiger partial charge >= 0.3 is 6.03 Å². The molecule has 0 saturated carbocycles. The second-order valence-electron chi connectivity index (χ2n) is 7.35. The number of carbonyl (C=O) groups excluding carboxylic acids is 1. The minimum absolute atomic E-state index is 0.133. The predicted octanol–water partition coefficient (Wildman–Crippen LogP) is 5.03. The molecule has 1 N–H and O–H groups in total. The van der Waals surface area contributed by atoms with Gasteiger partial charge in [-0.2, -0.15) is 4.98 Å². The van der Waals surface area contributed by atoms with E-state index in [0.717, 1.165) is 40.8 Å². The predicted molar refractivity (Wildman–Crippen MR) is 108 cm³/mol. The number of benzene rings is 2. The fourth-order valence-electron chi connectivity index (χ4n) is 3.61. The molecule has 28 heavy (non-hydrogen) atoms. The van der Waals surface area contributed by atoms with Crippen LogP contribution in [0.15, 0.2) is 47.0 Å². The van der Waals surface area contributed by atoms with Gasteiger partial charge in [-0.05, 0) is 56.9 Å². The molecule has 1 saturated heterocycles. The highest BCUT2D eigenvalue weighted by molar-refractivity contribution is 5.90. The van der Waals surface area contributed by atoms with Crippen molar-refractivity contribution in [3.63, 3.8) is 0 Å². The Kier molecular flexibility index (Phi) is 4.86. The van der Waals surface area contributed by atoms with Crippen molar-refractivity contribution in [2.45, 2.75) is 39.7 Å². The summed E-state index contributed by atoms with van der Waals surface area (Å²) in [7, 11) is 0. The second-order valence-corrected chi connectivity index (χ2v) is 7.35. The largest absolute Gasteiger partial charge is 0.337 e. The lowest BCUT2D eigenvalue weighted by molar-refractivity contribution is 0.193. The third-order valence-corrected chi connectivity index (χ3v) is 5.36. The number of hydrogen-bond donors (Lipinski definition) is 1. The van der Waals surface area contributed by atoms with Crippen molar-refractivity contribution >= 4 is 11.7 Å². The molecule has 0 spiro atoms. The van der Waals surface area contributed by atoms with Gasteiger partial charge in [0.2, 0.25) is 11.7 Å². The Labute approximate surface area is 164 Å². The molecule has 2 heterocycles. The van der Waals surface area contributed by atoms with Gasteiger partial charge in [0.1, 0.15) is 6.04 Å². The summed E-state index contributed by atoms with van der Waals surface area (Å²) >= 11 is 0. The van der Waals surface area contributed by atoms with Crippen LogP contribution >= 0.6 is 0 Å². The van der Waals surface area contributed by atoms with Gasteiger partial charge in [0, 0.05) is 17.8 Å². The molecule has 1 atom stereocenters. The number of nitrogens with zero attached hydrogens (tertiary/aromatic N) is 3. The zero-order chi connectivity index (χ0) is 19.7. The van der Waals surface area contributed by atoms with Gasteiger partial charge in [-0.1, -0.05) is 41.1 Å². The number of hydrogen-bond acceptors (Lipinski definition) is 4. The maximum Gasteiger partial charge on any atom is 0.322 e. The van der Waals surface area contributed by atoms with E-state index in [2.05, 4.69) is 15.5 Å². The lowest BCUT2D eigenvalue weighted by Crippen LogP contribution is -2.34. The molecule has 2 amide bonds. The monoisotopic (exact) mass is 376 g/mol. The number of nitrogens with one attached hydrogen (secondary N) is 1. The summed E-state index contributed by atoms with van der Waals surface area (Å²) in [4.78, 5) is 19.3. The van der Waals surface area contributed by atoms with Crippen molar-refractivity contribution in [1.29, 1.82) is 0 Å². The van der Waals surface area contributed by atoms with E-state index in [-0.39, 0.29) is 12.1 Å². The number of amides is 2. The molecule has 0 radical (unpaired) electrons. The molecule has 6 heteroatoms. The molecular weight excluding hydrogens is 352 g/mol. The first-order chi connectivity index (χ1) is 13.5. The fourth-order valence-corrected chi connectivity index (χ4v) is 3.61. The smallest absolute Gasteiger partial charge is 0.322 e. The molecule has 1 aliphatic heterocycles. The first-order valence-electron chi connectivity index (χ1n) is 9.57. The minimum atomic E-state index is -0.198. The van der Waals surface area contributed by atoms with Crippen LogP contribution in [0.3, 0.4) is 0 Å². The molecule has 1 aromatic heterocycles. The molecule has 0 unspecified atom stereocenters. The molecule has 0 aliphatic carbocycles. The van der Waals surface area contributed by atoms with E-state index in [4.69, 9.17) is 4.52 Å². The van der Waals surface area contributed by atoms with Gasteiger partial charge in [0.25, 0.3) is 0 Å². The van der Waals surface area contributed by atoms with Crippen LogP contribution in [0.1, 0.15) is 41.5 Å². The van der Waals surface area contributed by atoms with Crippen LogP contribution in [0, 0.1) is 20.8 Å². The van der Waals surface area contributed by atoms with Gasteiger partial charge in [-0.15, -0.1) is 0 Å². The van der Waals surface area contributed by atoms with Crippen molar-refractivity contribution in [2.24, 2.45) is 0 Å². The molecule has 144 valence electrons. The van der Waals surface area contributed by atoms with Gasteiger partial charge < -0.3 is 14.7 Å². The van der Waals surface area contributed by atoms with Crippen LogP contribution in [0.2, 0.25) is 0 Å². The molecule has 2 aromatic carbocycles. The highest BCUT2D eigenvalue weighted by Gasteiger charge is 2.34. The van der Waals surface area contributed by atoms with E-state index in [0.29, 0.717) is 18.3 Å². The maximum absolute atomic E-state index is 12.9. The van der Waals surface area contributed by atoms with E-state index in [1.165, 1.54) is 0 Å². The van der Waals surface area contributed by atoms with Gasteiger partial charge in [-0.3, -0.25) is 0 Å². The van der Waals surface area contributed by atoms with Crippen molar-refractivity contribution in [1.82, 2.24) is 15.0 Å². The molecule has 1 fully saturated rings. The zero-order valence-corrected chi connectivity index (χ0v) is 16.4. The average molecular weight is 376 g/mol. The van der Waals surface area contributed by atoms with Crippen LogP contribution in [-0.4, -0.2) is 27.6 Å². The summed E-state index contributed by atoms with van der Waals surface area (Å²) in [5, 5.41) is 7.17. The van der Waals surface area contributed by atoms with Crippen LogP contribution in [-0.2, 0) is 0 Å². The maximum atomic E-state index is 12.9. The lowest BCUT2D eigenvalue weighted by Gasteiger charge is -2.23. The van der Waals surface area contributed by atoms with Crippen LogP contribution in [0.4, 0.5) is 10.5 Å². The summed E-state index contributed by atoms with van der Waals surface area (Å²) in [6.45, 7) is 6.75. The number of urea groups is 1. The Hall–Kier alpha value is -3.15. The molecule has 4 rings (SSSR count). The van der Waals surface area contributed by atoms with E-state index in [1.54, 1.807) is 4.90 Å². The number of rotatable bonds is 3. The van der Waals surface area contributed by atoms with Crippen LogP contribution in [0.5, 0.6) is 0 Å². The van der Waals surface area contributed by atoms with Gasteiger partial charge in [-0.25, -0.2) is 4.79 Å². The summed E-state index contributed by atoms with van der Waals surface area (Å²) in [5.74, 6) is 1.05. The average Bonchev–Trinajstić information content (AvgIpc) is 3.34. The highest BCUT2D eigenvalue weighted by Crippen LogP contribution is 2.33. The number of anilines is 1. The summed E-state index contributed by atoms with van der Waals surface area (Å²) in [5.41, 5.74) is 5.11. The van der Waals surface area contributed by atoms with Gasteiger partial charge in [0.05, 0.1) is 0 Å². The number of aryl methyl sites for hydroxylation is 2. The van der Waals surface area contributed by atoms with Crippen LogP contribution < -0.4 is 5.32 Å². The third kappa shape index (κ3) is 3.50. The molecule has 6 nitrogen and oxygen atoms in total. The first kappa shape index (κ1) is 18.2. The van der Waals surface area contributed by atoms with Crippen molar-refractivity contribution in [2.75, 3.05) is 11.9 Å². The molecule has 3 aromatic rings. The number of likely N-dealkylation sites (tertiary alicyclic amines) is 1. The fraction of sp³-hybridized carbons (Fsp3) is 0.318. The number of carbonyl (C=O) groups is 1. The topological polar surface area (TPSA) is 71.3 Å². The molecule has 0 bridgehead atoms. The minimum Gasteiger partial charge on any atom is -0.337 e. The van der Waals surface area contributed by atoms with Crippen molar-refractivity contribution < 1.29 is 9.32 Å². The number of aromatic nitrogens is 2. The van der Waals surface area contributed by atoms with Gasteiger partial charge in [0.15, 0.2) is 0 Å². The third-order valence-electron chi connectivity index (χ3n) is 5.36. The zero-order valence-electron chi connectivity index (χ0n) is 16.4. The summed E-state index contributed by atoms with van der Waals surface area (Å²) in [6, 6.07) is 13.6. The standard InChI is InChI=1S/C22H24N4O2/c1-14-7-4-9-17(13-14)20-24-21(28-25-20)19-11-6-12-26(19)22(27)23-18-10-5-8-15(2)16(18)3/h4-5,7-10,13,19H,6,11-12H2,1-3H3,(H,23,27)/t19-/m1/s1. The van der Waals surface area contributed by atoms with E-state index >= 15 is 0 Å². The SMILES string of the molecule is Cc1cccc(-c2noc([C@H]3CCCN3C(=O)Nc3cccc(C)c3C)n2)c1. The highest BCUT2D eigenvalue weighted by atomic mass is 16.5. The van der Waals surface area contributed by atoms with Crippen LogP contribution in [0.25, 0.3) is 11.4 Å². The Morgan fingerprint density at radius 2 is 2.00 bits per heavy atom. The van der Waals surface area contributed by atoms with E-state index in [1.807, 2.05) is 63.2 Å². The van der Waals surface area contributed by atoms with E-state index < -0.39 is 0 Å². The molecular formula is C22H24N4O2. The Morgan fingerprint density at radius 1 is 1.18 bits per heavy atom.